The van der Waals surface area contributed by atoms with Crippen molar-refractivity contribution in [3.05, 3.63) is 82.7 Å². The molecular formula is C20H14BrN3O2. The summed E-state index contributed by atoms with van der Waals surface area (Å²) in [5.41, 5.74) is 5.31. The molecule has 2 N–H and O–H groups in total. The zero-order valence-electron chi connectivity index (χ0n) is 13.6. The van der Waals surface area contributed by atoms with Gasteiger partial charge < -0.3 is 9.40 Å². The molecule has 1 amide bonds. The van der Waals surface area contributed by atoms with Crippen molar-refractivity contribution in [3.63, 3.8) is 0 Å². The van der Waals surface area contributed by atoms with E-state index < -0.39 is 5.91 Å². The molecule has 0 radical (unpaired) electrons. The summed E-state index contributed by atoms with van der Waals surface area (Å²) in [7, 11) is 0. The molecule has 4 aromatic rings. The van der Waals surface area contributed by atoms with Crippen molar-refractivity contribution >= 4 is 39.0 Å². The number of hydrogen-bond donors (Lipinski definition) is 2. The van der Waals surface area contributed by atoms with Crippen LogP contribution in [0.2, 0.25) is 0 Å². The number of nitrogens with one attached hydrogen (secondary N) is 2. The first-order valence-electron chi connectivity index (χ1n) is 7.96. The standard InChI is InChI=1S/C20H14BrN3O2/c21-15-7-5-13(6-8-15)18-9-10-19(26-18)20(25)24-23-12-14-11-22-17-4-2-1-3-16(14)17/h1-12,22H,(H,24,25). The van der Waals surface area contributed by atoms with E-state index >= 15 is 0 Å². The van der Waals surface area contributed by atoms with Crippen molar-refractivity contribution in [2.75, 3.05) is 0 Å². The average Bonchev–Trinajstić information content (AvgIpc) is 3.30. The monoisotopic (exact) mass is 407 g/mol. The Labute approximate surface area is 157 Å². The fourth-order valence-electron chi connectivity index (χ4n) is 2.65. The summed E-state index contributed by atoms with van der Waals surface area (Å²) >= 11 is 3.39. The number of hydrogen-bond acceptors (Lipinski definition) is 3. The van der Waals surface area contributed by atoms with Crippen LogP contribution in [-0.2, 0) is 0 Å². The number of rotatable bonds is 4. The summed E-state index contributed by atoms with van der Waals surface area (Å²) in [5, 5.41) is 5.07. The molecule has 2 aromatic heterocycles. The van der Waals surface area contributed by atoms with Gasteiger partial charge in [-0.15, -0.1) is 0 Å². The number of para-hydroxylation sites is 1. The van der Waals surface area contributed by atoms with Crippen LogP contribution in [0.4, 0.5) is 0 Å². The van der Waals surface area contributed by atoms with Crippen LogP contribution in [-0.4, -0.2) is 17.1 Å². The molecule has 2 aromatic carbocycles. The molecule has 5 nitrogen and oxygen atoms in total. The van der Waals surface area contributed by atoms with E-state index in [4.69, 9.17) is 4.42 Å². The van der Waals surface area contributed by atoms with Crippen LogP contribution in [0.5, 0.6) is 0 Å². The molecule has 6 heteroatoms. The Morgan fingerprint density at radius 3 is 2.73 bits per heavy atom. The van der Waals surface area contributed by atoms with E-state index in [1.807, 2.05) is 54.7 Å². The number of aromatic amines is 1. The molecular weight excluding hydrogens is 394 g/mol. The van der Waals surface area contributed by atoms with Gasteiger partial charge in [0.1, 0.15) is 5.76 Å². The molecule has 0 spiro atoms. The SMILES string of the molecule is O=C(NN=Cc1c[nH]c2ccccc12)c1ccc(-c2ccc(Br)cc2)o1. The van der Waals surface area contributed by atoms with Crippen LogP contribution in [0.15, 0.2) is 80.9 Å². The Balaban J connectivity index is 1.46. The molecule has 2 heterocycles. The lowest BCUT2D eigenvalue weighted by Crippen LogP contribution is -2.16. The van der Waals surface area contributed by atoms with E-state index in [0.29, 0.717) is 5.76 Å². The maximum absolute atomic E-state index is 12.2. The molecule has 0 saturated heterocycles. The lowest BCUT2D eigenvalue weighted by Gasteiger charge is -1.98. The molecule has 0 fully saturated rings. The minimum absolute atomic E-state index is 0.207. The highest BCUT2D eigenvalue weighted by Crippen LogP contribution is 2.24. The summed E-state index contributed by atoms with van der Waals surface area (Å²) < 4.78 is 6.61. The van der Waals surface area contributed by atoms with E-state index in [1.165, 1.54) is 0 Å². The molecule has 0 aliphatic heterocycles. The van der Waals surface area contributed by atoms with E-state index in [0.717, 1.165) is 26.5 Å². The van der Waals surface area contributed by atoms with Gasteiger partial charge in [0.05, 0.1) is 6.21 Å². The van der Waals surface area contributed by atoms with Crippen LogP contribution in [0.3, 0.4) is 0 Å². The molecule has 0 atom stereocenters. The first-order chi connectivity index (χ1) is 12.7. The number of furan rings is 1. The lowest BCUT2D eigenvalue weighted by atomic mass is 10.2. The third-order valence-corrected chi connectivity index (χ3v) is 4.48. The van der Waals surface area contributed by atoms with Crippen molar-refractivity contribution in [3.8, 4) is 11.3 Å². The van der Waals surface area contributed by atoms with Gasteiger partial charge in [0.2, 0.25) is 0 Å². The van der Waals surface area contributed by atoms with Gasteiger partial charge in [-0.05, 0) is 30.3 Å². The minimum Gasteiger partial charge on any atom is -0.451 e. The highest BCUT2D eigenvalue weighted by atomic mass is 79.9. The lowest BCUT2D eigenvalue weighted by molar-refractivity contribution is 0.0928. The average molecular weight is 408 g/mol. The summed E-state index contributed by atoms with van der Waals surface area (Å²) in [5.74, 6) is 0.437. The predicted octanol–water partition coefficient (Wildman–Crippen LogP) is 4.95. The maximum Gasteiger partial charge on any atom is 0.307 e. The van der Waals surface area contributed by atoms with Gasteiger partial charge in [0.15, 0.2) is 5.76 Å². The molecule has 0 saturated carbocycles. The van der Waals surface area contributed by atoms with Crippen LogP contribution in [0, 0.1) is 0 Å². The Hall–Kier alpha value is -3.12. The quantitative estimate of drug-likeness (QED) is 0.370. The van der Waals surface area contributed by atoms with Gasteiger partial charge in [-0.1, -0.05) is 46.3 Å². The van der Waals surface area contributed by atoms with Gasteiger partial charge in [-0.3, -0.25) is 4.79 Å². The number of hydrazone groups is 1. The normalized spacial score (nSPS) is 11.3. The number of benzene rings is 2. The number of H-pyrrole nitrogens is 1. The first kappa shape index (κ1) is 16.4. The maximum atomic E-state index is 12.2. The number of aromatic nitrogens is 1. The van der Waals surface area contributed by atoms with Gasteiger partial charge >= 0.3 is 5.91 Å². The smallest absolute Gasteiger partial charge is 0.307 e. The van der Waals surface area contributed by atoms with Crippen molar-refractivity contribution < 1.29 is 9.21 Å². The fraction of sp³-hybridized carbons (Fsp3) is 0. The van der Waals surface area contributed by atoms with E-state index in [-0.39, 0.29) is 5.76 Å². The van der Waals surface area contributed by atoms with Crippen LogP contribution in [0.1, 0.15) is 16.1 Å². The molecule has 4 rings (SSSR count). The predicted molar refractivity (Wildman–Crippen MR) is 105 cm³/mol. The van der Waals surface area contributed by atoms with Gasteiger partial charge in [0, 0.05) is 32.7 Å². The molecule has 0 bridgehead atoms. The van der Waals surface area contributed by atoms with Crippen molar-refractivity contribution in [2.24, 2.45) is 5.10 Å². The summed E-state index contributed by atoms with van der Waals surface area (Å²) in [6.07, 6.45) is 3.45. The molecule has 0 aliphatic carbocycles. The molecule has 26 heavy (non-hydrogen) atoms. The number of carbonyl (C=O) groups excluding carboxylic acids is 1. The Morgan fingerprint density at radius 1 is 1.08 bits per heavy atom. The number of carbonyl (C=O) groups is 1. The Kier molecular flexibility index (Phi) is 4.41. The number of nitrogens with zero attached hydrogens (tertiary/aromatic N) is 1. The first-order valence-corrected chi connectivity index (χ1v) is 8.75. The zero-order valence-corrected chi connectivity index (χ0v) is 15.2. The highest BCUT2D eigenvalue weighted by molar-refractivity contribution is 9.10. The third-order valence-electron chi connectivity index (χ3n) is 3.95. The van der Waals surface area contributed by atoms with E-state index in [1.54, 1.807) is 18.3 Å². The summed E-state index contributed by atoms with van der Waals surface area (Å²) in [6.45, 7) is 0. The van der Waals surface area contributed by atoms with E-state index in [2.05, 4.69) is 31.4 Å². The zero-order chi connectivity index (χ0) is 17.9. The molecule has 128 valence electrons. The Morgan fingerprint density at radius 2 is 1.88 bits per heavy atom. The van der Waals surface area contributed by atoms with Crippen LogP contribution in [0.25, 0.3) is 22.2 Å². The molecule has 0 unspecified atom stereocenters. The van der Waals surface area contributed by atoms with Crippen molar-refractivity contribution in [2.45, 2.75) is 0 Å². The number of fused-ring (bicyclic) bond motifs is 1. The third kappa shape index (κ3) is 3.32. The second kappa shape index (κ2) is 7.01. The second-order valence-corrected chi connectivity index (χ2v) is 6.58. The van der Waals surface area contributed by atoms with Crippen molar-refractivity contribution in [1.29, 1.82) is 0 Å². The largest absolute Gasteiger partial charge is 0.451 e. The van der Waals surface area contributed by atoms with Gasteiger partial charge in [0.25, 0.3) is 0 Å². The summed E-state index contributed by atoms with van der Waals surface area (Å²) in [6, 6.07) is 19.0. The van der Waals surface area contributed by atoms with Crippen LogP contribution < -0.4 is 5.43 Å². The highest BCUT2D eigenvalue weighted by Gasteiger charge is 2.11. The topological polar surface area (TPSA) is 70.4 Å². The van der Waals surface area contributed by atoms with Crippen molar-refractivity contribution in [1.82, 2.24) is 10.4 Å². The van der Waals surface area contributed by atoms with Crippen LogP contribution >= 0.6 is 15.9 Å². The Bertz CT molecular complexity index is 1090. The van der Waals surface area contributed by atoms with Gasteiger partial charge in [-0.2, -0.15) is 5.10 Å². The number of halogens is 1. The van der Waals surface area contributed by atoms with E-state index in [9.17, 15) is 4.79 Å². The summed E-state index contributed by atoms with van der Waals surface area (Å²) in [4.78, 5) is 15.4. The molecule has 0 aliphatic rings. The fourth-order valence-corrected chi connectivity index (χ4v) is 2.91. The second-order valence-electron chi connectivity index (χ2n) is 5.66. The number of amides is 1. The minimum atomic E-state index is -0.399. The van der Waals surface area contributed by atoms with Gasteiger partial charge in [-0.25, -0.2) is 5.43 Å².